The monoisotopic (exact) mass is 425 g/mol. The molecular formula is C23H27N3O5. The fourth-order valence-corrected chi connectivity index (χ4v) is 4.44. The van der Waals surface area contributed by atoms with Gasteiger partial charge >= 0.3 is 0 Å². The number of nitrogen functional groups attached to an aromatic ring is 1. The predicted molar refractivity (Wildman–Crippen MR) is 117 cm³/mol. The largest absolute Gasteiger partial charge is 0.496 e. The molecule has 8 heteroatoms. The minimum Gasteiger partial charge on any atom is -0.496 e. The summed E-state index contributed by atoms with van der Waals surface area (Å²) < 4.78 is 17.9. The van der Waals surface area contributed by atoms with Gasteiger partial charge in [-0.25, -0.2) is 0 Å². The molecule has 0 bridgehead atoms. The molecule has 0 saturated heterocycles. The van der Waals surface area contributed by atoms with Crippen molar-refractivity contribution in [2.24, 2.45) is 7.05 Å². The summed E-state index contributed by atoms with van der Waals surface area (Å²) in [6, 6.07) is 13.0. The third-order valence-corrected chi connectivity index (χ3v) is 6.07. The van der Waals surface area contributed by atoms with Crippen LogP contribution in [-0.2, 0) is 7.05 Å². The number of aliphatic hydroxyl groups is 2. The molecule has 2 aromatic carbocycles. The van der Waals surface area contributed by atoms with Gasteiger partial charge < -0.3 is 30.2 Å². The van der Waals surface area contributed by atoms with Crippen molar-refractivity contribution in [3.8, 4) is 28.5 Å². The van der Waals surface area contributed by atoms with E-state index in [1.807, 2.05) is 30.3 Å². The second kappa shape index (κ2) is 8.13. The number of aliphatic hydroxyl groups excluding tert-OH is 2. The lowest BCUT2D eigenvalue weighted by Crippen LogP contribution is -2.52. The number of hydrogen-bond donors (Lipinski definition) is 3. The molecule has 0 aliphatic heterocycles. The molecule has 164 valence electrons. The molecular weight excluding hydrogens is 398 g/mol. The van der Waals surface area contributed by atoms with Crippen molar-refractivity contribution >= 4 is 5.82 Å². The lowest BCUT2D eigenvalue weighted by molar-refractivity contribution is -0.0793. The molecule has 1 aromatic heterocycles. The molecule has 31 heavy (non-hydrogen) atoms. The van der Waals surface area contributed by atoms with Gasteiger partial charge in [-0.1, -0.05) is 30.3 Å². The average molecular weight is 425 g/mol. The van der Waals surface area contributed by atoms with Crippen LogP contribution in [0.3, 0.4) is 0 Å². The molecule has 0 spiro atoms. The summed E-state index contributed by atoms with van der Waals surface area (Å²) in [6.07, 6.45) is -1.83. The van der Waals surface area contributed by atoms with Crippen molar-refractivity contribution in [1.29, 1.82) is 0 Å². The lowest BCUT2D eigenvalue weighted by atomic mass is 9.62. The quantitative estimate of drug-likeness (QED) is 0.556. The van der Waals surface area contributed by atoms with Crippen LogP contribution in [0.15, 0.2) is 42.5 Å². The molecule has 2 atom stereocenters. The molecule has 0 radical (unpaired) electrons. The Kier molecular flexibility index (Phi) is 5.51. The van der Waals surface area contributed by atoms with Crippen molar-refractivity contribution in [3.05, 3.63) is 53.6 Å². The van der Waals surface area contributed by atoms with E-state index in [9.17, 15) is 10.2 Å². The van der Waals surface area contributed by atoms with E-state index in [2.05, 4.69) is 5.10 Å². The van der Waals surface area contributed by atoms with E-state index < -0.39 is 24.0 Å². The van der Waals surface area contributed by atoms with Crippen LogP contribution >= 0.6 is 0 Å². The second-order valence-electron chi connectivity index (χ2n) is 7.62. The van der Waals surface area contributed by atoms with E-state index in [0.29, 0.717) is 39.9 Å². The molecule has 1 aliphatic carbocycles. The highest BCUT2D eigenvalue weighted by Gasteiger charge is 2.54. The predicted octanol–water partition coefficient (Wildman–Crippen LogP) is 2.30. The van der Waals surface area contributed by atoms with Crippen molar-refractivity contribution in [1.82, 2.24) is 9.78 Å². The van der Waals surface area contributed by atoms with Gasteiger partial charge in [0, 0.05) is 47.7 Å². The van der Waals surface area contributed by atoms with Crippen LogP contribution in [0.4, 0.5) is 5.82 Å². The molecule has 0 amide bonds. The normalized spacial score (nSPS) is 22.6. The lowest BCUT2D eigenvalue weighted by Gasteiger charge is -2.47. The maximum absolute atomic E-state index is 11.2. The number of aromatic nitrogens is 2. The SMILES string of the molecule is COc1cc(OC)c(C2C(O)C(c3c(-c4ccccc4)nn(C)c3N)C2O)c(OC)c1. The smallest absolute Gasteiger partial charge is 0.129 e. The first-order valence-electron chi connectivity index (χ1n) is 9.96. The van der Waals surface area contributed by atoms with E-state index in [1.165, 1.54) is 14.2 Å². The Labute approximate surface area is 180 Å². The number of ether oxygens (including phenoxy) is 3. The molecule has 4 rings (SSSR count). The molecule has 8 nitrogen and oxygen atoms in total. The summed E-state index contributed by atoms with van der Waals surface area (Å²) in [6.45, 7) is 0. The van der Waals surface area contributed by atoms with E-state index in [-0.39, 0.29) is 0 Å². The Bertz CT molecular complexity index is 1050. The number of anilines is 1. The highest BCUT2D eigenvalue weighted by atomic mass is 16.5. The minimum absolute atomic E-state index is 0.411. The van der Waals surface area contributed by atoms with E-state index in [1.54, 1.807) is 31.0 Å². The summed E-state index contributed by atoms with van der Waals surface area (Å²) in [5.74, 6) is 0.684. The summed E-state index contributed by atoms with van der Waals surface area (Å²) in [4.78, 5) is 0. The number of rotatable bonds is 6. The highest BCUT2D eigenvalue weighted by molar-refractivity contribution is 5.71. The van der Waals surface area contributed by atoms with E-state index >= 15 is 0 Å². The van der Waals surface area contributed by atoms with Gasteiger partial charge in [0.15, 0.2) is 0 Å². The maximum atomic E-state index is 11.2. The second-order valence-corrected chi connectivity index (χ2v) is 7.62. The van der Waals surface area contributed by atoms with Crippen molar-refractivity contribution in [2.75, 3.05) is 27.1 Å². The van der Waals surface area contributed by atoms with Crippen LogP contribution < -0.4 is 19.9 Å². The standard InChI is InChI=1S/C23H27N3O5/c1-26-23(24)17(20(25-26)12-8-6-5-7-9-12)19-21(27)18(22(19)28)16-14(30-3)10-13(29-2)11-15(16)31-4/h5-11,18-19,21-22,27-28H,24H2,1-4H3. The van der Waals surface area contributed by atoms with Gasteiger partial charge in [-0.2, -0.15) is 5.10 Å². The topological polar surface area (TPSA) is 112 Å². The summed E-state index contributed by atoms with van der Waals surface area (Å²) >= 11 is 0. The number of benzene rings is 2. The van der Waals surface area contributed by atoms with Crippen LogP contribution in [0.5, 0.6) is 17.2 Å². The summed E-state index contributed by atoms with van der Waals surface area (Å²) in [5.41, 5.74) is 9.06. The van der Waals surface area contributed by atoms with Crippen LogP contribution in [-0.4, -0.2) is 53.5 Å². The van der Waals surface area contributed by atoms with Gasteiger partial charge in [0.2, 0.25) is 0 Å². The zero-order valence-corrected chi connectivity index (χ0v) is 17.9. The fourth-order valence-electron chi connectivity index (χ4n) is 4.44. The van der Waals surface area contributed by atoms with Crippen LogP contribution in [0, 0.1) is 0 Å². The molecule has 1 fully saturated rings. The Balaban J connectivity index is 1.77. The Hall–Kier alpha value is -3.23. The van der Waals surface area contributed by atoms with Crippen LogP contribution in [0.1, 0.15) is 23.0 Å². The third-order valence-electron chi connectivity index (χ3n) is 6.07. The van der Waals surface area contributed by atoms with Crippen molar-refractivity contribution in [3.63, 3.8) is 0 Å². The summed E-state index contributed by atoms with van der Waals surface area (Å²) in [7, 11) is 6.35. The van der Waals surface area contributed by atoms with Crippen LogP contribution in [0.2, 0.25) is 0 Å². The number of nitrogens with two attached hydrogens (primary N) is 1. The van der Waals surface area contributed by atoms with Gasteiger partial charge in [0.1, 0.15) is 23.1 Å². The van der Waals surface area contributed by atoms with Gasteiger partial charge in [-0.05, 0) is 0 Å². The first-order chi connectivity index (χ1) is 14.9. The van der Waals surface area contributed by atoms with E-state index in [0.717, 1.165) is 5.56 Å². The van der Waals surface area contributed by atoms with Gasteiger partial charge in [-0.3, -0.25) is 4.68 Å². The van der Waals surface area contributed by atoms with Crippen molar-refractivity contribution in [2.45, 2.75) is 24.0 Å². The first kappa shape index (κ1) is 21.0. The number of hydrogen-bond acceptors (Lipinski definition) is 7. The van der Waals surface area contributed by atoms with E-state index in [4.69, 9.17) is 19.9 Å². The molecule has 2 unspecified atom stereocenters. The maximum Gasteiger partial charge on any atom is 0.129 e. The van der Waals surface area contributed by atoms with Gasteiger partial charge in [0.05, 0.1) is 39.2 Å². The fraction of sp³-hybridized carbons (Fsp3) is 0.348. The molecule has 1 saturated carbocycles. The number of nitrogens with zero attached hydrogens (tertiary/aromatic N) is 2. The average Bonchev–Trinajstić information content (AvgIpc) is 3.08. The van der Waals surface area contributed by atoms with Gasteiger partial charge in [-0.15, -0.1) is 0 Å². The Morgan fingerprint density at radius 3 is 1.94 bits per heavy atom. The summed E-state index contributed by atoms with van der Waals surface area (Å²) in [5, 5.41) is 27.0. The number of methoxy groups -OCH3 is 3. The first-order valence-corrected chi connectivity index (χ1v) is 9.96. The molecule has 1 aliphatic rings. The zero-order valence-electron chi connectivity index (χ0n) is 17.9. The zero-order chi connectivity index (χ0) is 22.3. The number of aryl methyl sites for hydroxylation is 1. The van der Waals surface area contributed by atoms with Crippen LogP contribution in [0.25, 0.3) is 11.3 Å². The highest BCUT2D eigenvalue weighted by Crippen LogP contribution is 2.55. The molecule has 3 aromatic rings. The van der Waals surface area contributed by atoms with Crippen molar-refractivity contribution < 1.29 is 24.4 Å². The van der Waals surface area contributed by atoms with Gasteiger partial charge in [0.25, 0.3) is 0 Å². The molecule has 4 N–H and O–H groups in total. The molecule has 1 heterocycles. The Morgan fingerprint density at radius 2 is 1.42 bits per heavy atom. The minimum atomic E-state index is -0.917. The Morgan fingerprint density at radius 1 is 0.871 bits per heavy atom. The third kappa shape index (κ3) is 3.28.